The van der Waals surface area contributed by atoms with Crippen LogP contribution in [0.3, 0.4) is 0 Å². The summed E-state index contributed by atoms with van der Waals surface area (Å²) in [6, 6.07) is 24.6. The highest BCUT2D eigenvalue weighted by atomic mass is 79.9. The van der Waals surface area contributed by atoms with E-state index in [0.717, 1.165) is 15.7 Å². The van der Waals surface area contributed by atoms with Gasteiger partial charge in [0.25, 0.3) is 5.91 Å². The van der Waals surface area contributed by atoms with E-state index in [0.29, 0.717) is 16.5 Å². The molecule has 3 aromatic carbocycles. The quantitative estimate of drug-likeness (QED) is 0.391. The van der Waals surface area contributed by atoms with E-state index in [1.54, 1.807) is 23.9 Å². The fourth-order valence-corrected chi connectivity index (χ4v) is 3.74. The summed E-state index contributed by atoms with van der Waals surface area (Å²) in [6.45, 7) is 0. The van der Waals surface area contributed by atoms with E-state index in [1.165, 1.54) is 4.90 Å². The van der Waals surface area contributed by atoms with Crippen LogP contribution >= 0.6 is 27.5 Å². The molecule has 0 saturated heterocycles. The van der Waals surface area contributed by atoms with Crippen LogP contribution in [-0.4, -0.2) is 27.7 Å². The van der Waals surface area contributed by atoms with Gasteiger partial charge in [0.2, 0.25) is 5.82 Å². The summed E-state index contributed by atoms with van der Waals surface area (Å²) in [7, 11) is 1.66. The van der Waals surface area contributed by atoms with E-state index in [1.807, 2.05) is 66.7 Å². The number of nitrogens with zero attached hydrogens (tertiary/aromatic N) is 4. The van der Waals surface area contributed by atoms with E-state index in [4.69, 9.17) is 11.6 Å². The van der Waals surface area contributed by atoms with Crippen molar-refractivity contribution < 1.29 is 4.79 Å². The molecule has 0 aliphatic rings. The van der Waals surface area contributed by atoms with Crippen molar-refractivity contribution in [1.82, 2.24) is 14.8 Å². The molecule has 0 N–H and O–H groups in total. The lowest BCUT2D eigenvalue weighted by Crippen LogP contribution is -2.27. The van der Waals surface area contributed by atoms with Gasteiger partial charge in [-0.3, -0.25) is 4.79 Å². The van der Waals surface area contributed by atoms with Gasteiger partial charge < -0.3 is 4.90 Å². The Morgan fingerprint density at radius 3 is 2.31 bits per heavy atom. The van der Waals surface area contributed by atoms with Crippen LogP contribution in [0.5, 0.6) is 0 Å². The molecule has 4 aromatic rings. The number of benzene rings is 3. The molecular formula is C22H16BrClN4O. The second-order valence-electron chi connectivity index (χ2n) is 6.33. The van der Waals surface area contributed by atoms with E-state index >= 15 is 0 Å². The highest BCUT2D eigenvalue weighted by molar-refractivity contribution is 9.10. The van der Waals surface area contributed by atoms with Crippen molar-refractivity contribution >= 4 is 39.1 Å². The number of hydrogen-bond donors (Lipinski definition) is 0. The second kappa shape index (κ2) is 8.19. The van der Waals surface area contributed by atoms with Gasteiger partial charge in [0.15, 0.2) is 5.82 Å². The van der Waals surface area contributed by atoms with Crippen LogP contribution in [0.2, 0.25) is 5.02 Å². The van der Waals surface area contributed by atoms with Gasteiger partial charge in [-0.05, 0) is 30.3 Å². The molecule has 144 valence electrons. The Morgan fingerprint density at radius 2 is 1.66 bits per heavy atom. The fourth-order valence-electron chi connectivity index (χ4n) is 2.94. The number of anilines is 1. The van der Waals surface area contributed by atoms with Crippen LogP contribution < -0.4 is 4.90 Å². The zero-order chi connectivity index (χ0) is 20.4. The zero-order valence-corrected chi connectivity index (χ0v) is 17.8. The van der Waals surface area contributed by atoms with Crippen molar-refractivity contribution in [2.75, 3.05) is 11.9 Å². The molecule has 29 heavy (non-hydrogen) atoms. The monoisotopic (exact) mass is 466 g/mol. The molecule has 1 amide bonds. The van der Waals surface area contributed by atoms with Crippen molar-refractivity contribution in [2.24, 2.45) is 0 Å². The third kappa shape index (κ3) is 3.95. The van der Waals surface area contributed by atoms with Gasteiger partial charge in [-0.25, -0.2) is 9.67 Å². The lowest BCUT2D eigenvalue weighted by molar-refractivity contribution is 0.0983. The van der Waals surface area contributed by atoms with Crippen LogP contribution in [0.4, 0.5) is 5.69 Å². The molecule has 0 spiro atoms. The van der Waals surface area contributed by atoms with Crippen LogP contribution in [0.15, 0.2) is 83.3 Å². The van der Waals surface area contributed by atoms with Gasteiger partial charge in [0.1, 0.15) is 0 Å². The average Bonchev–Trinajstić information content (AvgIpc) is 3.19. The van der Waals surface area contributed by atoms with Crippen LogP contribution in [0, 0.1) is 0 Å². The number of para-hydroxylation sites is 1. The molecule has 0 atom stereocenters. The Balaban J connectivity index is 1.78. The lowest BCUT2D eigenvalue weighted by Gasteiger charge is -2.17. The number of carbonyl (C=O) groups excluding carboxylic acids is 1. The summed E-state index contributed by atoms with van der Waals surface area (Å²) >= 11 is 9.69. The van der Waals surface area contributed by atoms with E-state index in [2.05, 4.69) is 26.0 Å². The summed E-state index contributed by atoms with van der Waals surface area (Å²) in [4.78, 5) is 19.1. The minimum Gasteiger partial charge on any atom is -0.307 e. The highest BCUT2D eigenvalue weighted by Gasteiger charge is 2.23. The largest absolute Gasteiger partial charge is 0.307 e. The zero-order valence-electron chi connectivity index (χ0n) is 15.5. The number of aromatic nitrogens is 3. The van der Waals surface area contributed by atoms with E-state index < -0.39 is 0 Å². The predicted octanol–water partition coefficient (Wildman–Crippen LogP) is 5.63. The van der Waals surface area contributed by atoms with Gasteiger partial charge in [0.05, 0.1) is 16.4 Å². The number of hydrogen-bond acceptors (Lipinski definition) is 3. The first-order chi connectivity index (χ1) is 14.0. The number of carbonyl (C=O) groups is 1. The van der Waals surface area contributed by atoms with Gasteiger partial charge >= 0.3 is 0 Å². The maximum atomic E-state index is 13.1. The Morgan fingerprint density at radius 1 is 1.00 bits per heavy atom. The second-order valence-corrected chi connectivity index (χ2v) is 7.66. The van der Waals surface area contributed by atoms with Crippen molar-refractivity contribution in [3.05, 3.63) is 94.2 Å². The maximum absolute atomic E-state index is 13.1. The van der Waals surface area contributed by atoms with Crippen LogP contribution in [0.1, 0.15) is 10.6 Å². The first-order valence-corrected chi connectivity index (χ1v) is 10.0. The first kappa shape index (κ1) is 19.4. The summed E-state index contributed by atoms with van der Waals surface area (Å²) in [5, 5.41) is 4.97. The van der Waals surface area contributed by atoms with Crippen molar-refractivity contribution in [3.63, 3.8) is 0 Å². The minimum absolute atomic E-state index is 0.0918. The Hall–Kier alpha value is -2.96. The molecule has 5 nitrogen and oxygen atoms in total. The lowest BCUT2D eigenvalue weighted by atomic mass is 10.2. The molecule has 0 saturated carbocycles. The van der Waals surface area contributed by atoms with Gasteiger partial charge in [-0.2, -0.15) is 0 Å². The third-order valence-electron chi connectivity index (χ3n) is 4.41. The predicted molar refractivity (Wildman–Crippen MR) is 119 cm³/mol. The molecule has 0 aliphatic heterocycles. The Kier molecular flexibility index (Phi) is 5.47. The molecule has 0 radical (unpaired) electrons. The van der Waals surface area contributed by atoms with Crippen LogP contribution in [-0.2, 0) is 0 Å². The number of amides is 1. The third-order valence-corrected chi connectivity index (χ3v) is 5.20. The molecule has 0 aliphatic carbocycles. The molecule has 7 heteroatoms. The summed E-state index contributed by atoms with van der Waals surface area (Å²) in [6.07, 6.45) is 0. The fraction of sp³-hybridized carbons (Fsp3) is 0.0455. The molecular weight excluding hydrogens is 452 g/mol. The Labute approximate surface area is 181 Å². The maximum Gasteiger partial charge on any atom is 0.297 e. The SMILES string of the molecule is CN(C(=O)c1nc(-c2ccccc2)n(-c2ccccc2)n1)c1ccc(Br)cc1Cl. The summed E-state index contributed by atoms with van der Waals surface area (Å²) in [5.41, 5.74) is 2.27. The Bertz CT molecular complexity index is 1110. The summed E-state index contributed by atoms with van der Waals surface area (Å²) < 4.78 is 2.52. The molecule has 4 rings (SSSR count). The topological polar surface area (TPSA) is 51.0 Å². The van der Waals surface area contributed by atoms with Gasteiger partial charge in [0, 0.05) is 17.1 Å². The minimum atomic E-state index is -0.346. The van der Waals surface area contributed by atoms with Crippen LogP contribution in [0.25, 0.3) is 17.1 Å². The van der Waals surface area contributed by atoms with Gasteiger partial charge in [-0.15, -0.1) is 5.10 Å². The van der Waals surface area contributed by atoms with E-state index in [9.17, 15) is 4.79 Å². The first-order valence-electron chi connectivity index (χ1n) is 8.85. The van der Waals surface area contributed by atoms with Crippen molar-refractivity contribution in [2.45, 2.75) is 0 Å². The van der Waals surface area contributed by atoms with Gasteiger partial charge in [-0.1, -0.05) is 76.1 Å². The molecule has 0 fully saturated rings. The highest BCUT2D eigenvalue weighted by Crippen LogP contribution is 2.29. The molecule has 1 heterocycles. The number of halogens is 2. The summed E-state index contributed by atoms with van der Waals surface area (Å²) in [5.74, 6) is 0.339. The molecule has 0 bridgehead atoms. The standard InChI is InChI=1S/C22H16BrClN4O/c1-27(19-13-12-16(23)14-18(19)24)22(29)20-25-21(15-8-4-2-5-9-15)28(26-20)17-10-6-3-7-11-17/h2-14H,1H3. The molecule has 0 unspecified atom stereocenters. The van der Waals surface area contributed by atoms with Crippen molar-refractivity contribution in [3.8, 4) is 17.1 Å². The smallest absolute Gasteiger partial charge is 0.297 e. The molecule has 1 aromatic heterocycles. The van der Waals surface area contributed by atoms with E-state index in [-0.39, 0.29) is 11.7 Å². The average molecular weight is 468 g/mol. The number of rotatable bonds is 4. The van der Waals surface area contributed by atoms with Crippen molar-refractivity contribution in [1.29, 1.82) is 0 Å². The normalized spacial score (nSPS) is 10.7.